The van der Waals surface area contributed by atoms with Gasteiger partial charge in [-0.1, -0.05) is 30.9 Å². The third-order valence-electron chi connectivity index (χ3n) is 4.62. The number of halogens is 1. The molecule has 6 heteroatoms. The molecule has 1 aromatic heterocycles. The summed E-state index contributed by atoms with van der Waals surface area (Å²) in [5.41, 5.74) is -0.460. The van der Waals surface area contributed by atoms with E-state index in [1.54, 1.807) is 0 Å². The predicted molar refractivity (Wildman–Crippen MR) is 83.7 cm³/mol. The van der Waals surface area contributed by atoms with Crippen LogP contribution in [0.25, 0.3) is 0 Å². The Bertz CT molecular complexity index is 470. The molecule has 5 nitrogen and oxygen atoms in total. The van der Waals surface area contributed by atoms with Gasteiger partial charge in [-0.3, -0.25) is 4.90 Å². The van der Waals surface area contributed by atoms with Gasteiger partial charge in [0.2, 0.25) is 0 Å². The standard InChI is InChI=1S/C15H23ClN4O/c16-13-10-14(18-12-17-13)20-8-6-19(7-9-20)11-15(21)4-2-1-3-5-15/h10,12,21H,1-9,11H2. The Morgan fingerprint density at radius 3 is 2.48 bits per heavy atom. The zero-order valence-corrected chi connectivity index (χ0v) is 13.1. The third-order valence-corrected chi connectivity index (χ3v) is 4.82. The number of aromatic nitrogens is 2. The van der Waals surface area contributed by atoms with Crippen molar-refractivity contribution >= 4 is 17.4 Å². The number of hydrogen-bond acceptors (Lipinski definition) is 5. The van der Waals surface area contributed by atoms with Crippen LogP contribution < -0.4 is 4.90 Å². The predicted octanol–water partition coefficient (Wildman–Crippen LogP) is 1.95. The van der Waals surface area contributed by atoms with Gasteiger partial charge in [0.1, 0.15) is 17.3 Å². The van der Waals surface area contributed by atoms with Gasteiger partial charge in [0.05, 0.1) is 5.60 Å². The average molecular weight is 311 g/mol. The summed E-state index contributed by atoms with van der Waals surface area (Å²) in [6.45, 7) is 4.58. The fourth-order valence-electron chi connectivity index (χ4n) is 3.42. The number of piperazine rings is 1. The van der Waals surface area contributed by atoms with E-state index in [0.29, 0.717) is 5.15 Å². The fraction of sp³-hybridized carbons (Fsp3) is 0.733. The summed E-state index contributed by atoms with van der Waals surface area (Å²) in [5.74, 6) is 0.894. The summed E-state index contributed by atoms with van der Waals surface area (Å²) in [6.07, 6.45) is 7.01. The van der Waals surface area contributed by atoms with E-state index in [1.165, 1.54) is 12.7 Å². The first-order valence-corrected chi connectivity index (χ1v) is 8.20. The van der Waals surface area contributed by atoms with Crippen molar-refractivity contribution in [2.75, 3.05) is 37.6 Å². The van der Waals surface area contributed by atoms with Gasteiger partial charge >= 0.3 is 0 Å². The SMILES string of the molecule is OC1(CN2CCN(c3cc(Cl)ncn3)CC2)CCCCC1. The Balaban J connectivity index is 1.53. The van der Waals surface area contributed by atoms with Gasteiger partial charge in [-0.05, 0) is 12.8 Å². The summed E-state index contributed by atoms with van der Waals surface area (Å²) in [4.78, 5) is 12.8. The molecule has 2 aliphatic rings. The molecular weight excluding hydrogens is 288 g/mol. The van der Waals surface area contributed by atoms with Gasteiger partial charge < -0.3 is 10.0 Å². The van der Waals surface area contributed by atoms with E-state index in [0.717, 1.165) is 64.2 Å². The minimum atomic E-state index is -0.460. The molecule has 1 saturated carbocycles. The molecule has 0 bridgehead atoms. The van der Waals surface area contributed by atoms with E-state index >= 15 is 0 Å². The van der Waals surface area contributed by atoms with Crippen LogP contribution in [0.3, 0.4) is 0 Å². The lowest BCUT2D eigenvalue weighted by atomic mass is 9.84. The molecule has 2 heterocycles. The van der Waals surface area contributed by atoms with E-state index in [4.69, 9.17) is 11.6 Å². The maximum atomic E-state index is 10.6. The molecule has 3 rings (SSSR count). The van der Waals surface area contributed by atoms with Gasteiger partial charge in [-0.25, -0.2) is 9.97 Å². The van der Waals surface area contributed by atoms with Crippen LogP contribution in [0.4, 0.5) is 5.82 Å². The lowest BCUT2D eigenvalue weighted by molar-refractivity contribution is -0.0271. The molecule has 2 fully saturated rings. The number of rotatable bonds is 3. The molecule has 21 heavy (non-hydrogen) atoms. The second-order valence-corrected chi connectivity index (χ2v) is 6.63. The molecule has 1 aliphatic heterocycles. The highest BCUT2D eigenvalue weighted by Crippen LogP contribution is 2.29. The van der Waals surface area contributed by atoms with E-state index in [2.05, 4.69) is 19.8 Å². The highest BCUT2D eigenvalue weighted by atomic mass is 35.5. The van der Waals surface area contributed by atoms with E-state index in [-0.39, 0.29) is 0 Å². The van der Waals surface area contributed by atoms with Crippen LogP contribution in [-0.4, -0.2) is 58.3 Å². The summed E-state index contributed by atoms with van der Waals surface area (Å²) in [5, 5.41) is 11.1. The monoisotopic (exact) mass is 310 g/mol. The molecule has 0 aromatic carbocycles. The molecule has 1 aliphatic carbocycles. The van der Waals surface area contributed by atoms with Gasteiger partial charge in [-0.2, -0.15) is 0 Å². The van der Waals surface area contributed by atoms with Crippen molar-refractivity contribution in [1.29, 1.82) is 0 Å². The minimum absolute atomic E-state index is 0.460. The Labute approximate surface area is 130 Å². The van der Waals surface area contributed by atoms with E-state index in [9.17, 15) is 5.11 Å². The van der Waals surface area contributed by atoms with Gasteiger partial charge in [-0.15, -0.1) is 0 Å². The van der Waals surface area contributed by atoms with Crippen LogP contribution in [0.2, 0.25) is 5.15 Å². The first kappa shape index (κ1) is 15.0. The average Bonchev–Trinajstić information content (AvgIpc) is 2.48. The second-order valence-electron chi connectivity index (χ2n) is 6.25. The van der Waals surface area contributed by atoms with Crippen molar-refractivity contribution in [3.63, 3.8) is 0 Å². The first-order valence-electron chi connectivity index (χ1n) is 7.82. The highest BCUT2D eigenvalue weighted by Gasteiger charge is 2.32. The molecule has 1 saturated heterocycles. The van der Waals surface area contributed by atoms with Crippen molar-refractivity contribution in [2.24, 2.45) is 0 Å². The molecule has 0 radical (unpaired) electrons. The molecular formula is C15H23ClN4O. The highest BCUT2D eigenvalue weighted by molar-refractivity contribution is 6.29. The van der Waals surface area contributed by atoms with Crippen LogP contribution >= 0.6 is 11.6 Å². The lowest BCUT2D eigenvalue weighted by Crippen LogP contribution is -2.52. The molecule has 1 N–H and O–H groups in total. The first-order chi connectivity index (χ1) is 10.1. The fourth-order valence-corrected chi connectivity index (χ4v) is 3.56. The van der Waals surface area contributed by atoms with Gasteiger partial charge in [0.25, 0.3) is 0 Å². The smallest absolute Gasteiger partial charge is 0.134 e. The quantitative estimate of drug-likeness (QED) is 0.865. The zero-order valence-electron chi connectivity index (χ0n) is 12.3. The van der Waals surface area contributed by atoms with Crippen molar-refractivity contribution < 1.29 is 5.11 Å². The van der Waals surface area contributed by atoms with Crippen molar-refractivity contribution in [2.45, 2.75) is 37.7 Å². The summed E-state index contributed by atoms with van der Waals surface area (Å²) in [6, 6.07) is 1.81. The molecule has 0 amide bonds. The minimum Gasteiger partial charge on any atom is -0.389 e. The lowest BCUT2D eigenvalue weighted by Gasteiger charge is -2.41. The molecule has 0 unspecified atom stereocenters. The summed E-state index contributed by atoms with van der Waals surface area (Å²) < 4.78 is 0. The van der Waals surface area contributed by atoms with Crippen LogP contribution in [0.1, 0.15) is 32.1 Å². The Morgan fingerprint density at radius 1 is 1.10 bits per heavy atom. The molecule has 0 atom stereocenters. The summed E-state index contributed by atoms with van der Waals surface area (Å²) >= 11 is 5.92. The number of anilines is 1. The van der Waals surface area contributed by atoms with Crippen molar-refractivity contribution in [3.05, 3.63) is 17.5 Å². The Kier molecular flexibility index (Phi) is 4.62. The van der Waals surface area contributed by atoms with Crippen LogP contribution in [0.5, 0.6) is 0 Å². The molecule has 1 aromatic rings. The van der Waals surface area contributed by atoms with Crippen molar-refractivity contribution in [3.8, 4) is 0 Å². The van der Waals surface area contributed by atoms with Crippen molar-refractivity contribution in [1.82, 2.24) is 14.9 Å². The Hall–Kier alpha value is -0.910. The van der Waals surface area contributed by atoms with E-state index in [1.807, 2.05) is 6.07 Å². The number of hydrogen-bond donors (Lipinski definition) is 1. The number of β-amino-alcohol motifs (C(OH)–C–C–N with tert-alkyl or cyclic N) is 1. The topological polar surface area (TPSA) is 52.5 Å². The number of aliphatic hydroxyl groups is 1. The Morgan fingerprint density at radius 2 is 1.81 bits per heavy atom. The largest absolute Gasteiger partial charge is 0.389 e. The van der Waals surface area contributed by atoms with Crippen LogP contribution in [-0.2, 0) is 0 Å². The van der Waals surface area contributed by atoms with Crippen LogP contribution in [0.15, 0.2) is 12.4 Å². The molecule has 0 spiro atoms. The maximum absolute atomic E-state index is 10.6. The molecule has 116 valence electrons. The summed E-state index contributed by atoms with van der Waals surface area (Å²) in [7, 11) is 0. The van der Waals surface area contributed by atoms with Gasteiger partial charge in [0, 0.05) is 38.8 Å². The third kappa shape index (κ3) is 3.84. The van der Waals surface area contributed by atoms with Crippen LogP contribution in [0, 0.1) is 0 Å². The number of nitrogens with zero attached hydrogens (tertiary/aromatic N) is 4. The second kappa shape index (κ2) is 6.46. The zero-order chi connectivity index (χ0) is 14.7. The van der Waals surface area contributed by atoms with E-state index < -0.39 is 5.60 Å². The normalized spacial score (nSPS) is 23.2. The maximum Gasteiger partial charge on any atom is 0.134 e. The van der Waals surface area contributed by atoms with Gasteiger partial charge in [0.15, 0.2) is 0 Å².